The molecule has 0 atom stereocenters. The van der Waals surface area contributed by atoms with E-state index < -0.39 is 0 Å². The summed E-state index contributed by atoms with van der Waals surface area (Å²) in [5.74, 6) is 3.22. The van der Waals surface area contributed by atoms with Crippen LogP contribution in [0.1, 0.15) is 57.2 Å². The average molecular weight is 426 g/mol. The number of fused-ring (bicyclic) bond motifs is 1. The van der Waals surface area contributed by atoms with E-state index >= 15 is 0 Å². The summed E-state index contributed by atoms with van der Waals surface area (Å²) in [6.45, 7) is 11.6. The molecular weight excluding hydrogens is 390 g/mol. The highest BCUT2D eigenvalue weighted by Crippen LogP contribution is 2.35. The molecule has 2 aromatic carbocycles. The highest BCUT2D eigenvalue weighted by atomic mass is 16.5. The van der Waals surface area contributed by atoms with E-state index in [4.69, 9.17) is 23.9 Å². The summed E-state index contributed by atoms with van der Waals surface area (Å²) < 4.78 is 23.5. The highest BCUT2D eigenvalue weighted by Gasteiger charge is 2.20. The molecule has 0 radical (unpaired) electrons. The number of nitrogens with zero attached hydrogens (tertiary/aromatic N) is 1. The molecule has 0 saturated heterocycles. The zero-order valence-corrected chi connectivity index (χ0v) is 19.3. The van der Waals surface area contributed by atoms with E-state index in [2.05, 4.69) is 38.1 Å². The monoisotopic (exact) mass is 425 g/mol. The number of benzene rings is 2. The summed E-state index contributed by atoms with van der Waals surface area (Å²) in [6.07, 6.45) is 3.58. The van der Waals surface area contributed by atoms with Crippen LogP contribution in [0.15, 0.2) is 35.3 Å². The Balaban J connectivity index is 1.87. The third-order valence-electron chi connectivity index (χ3n) is 5.07. The molecule has 1 heterocycles. The quantitative estimate of drug-likeness (QED) is 0.441. The largest absolute Gasteiger partial charge is 0.490 e. The Morgan fingerprint density at radius 1 is 0.742 bits per heavy atom. The number of hydrogen-bond acceptors (Lipinski definition) is 5. The Morgan fingerprint density at radius 3 is 2.06 bits per heavy atom. The van der Waals surface area contributed by atoms with E-state index in [1.165, 1.54) is 5.56 Å². The topological polar surface area (TPSA) is 49.3 Å². The zero-order valence-electron chi connectivity index (χ0n) is 19.3. The van der Waals surface area contributed by atoms with E-state index in [1.807, 2.05) is 19.9 Å². The maximum absolute atomic E-state index is 5.97. The van der Waals surface area contributed by atoms with Gasteiger partial charge >= 0.3 is 0 Å². The number of aliphatic imine (C=N–C) groups is 1. The van der Waals surface area contributed by atoms with Crippen LogP contribution in [0.5, 0.6) is 23.0 Å². The van der Waals surface area contributed by atoms with Crippen LogP contribution in [-0.4, -0.2) is 38.7 Å². The van der Waals surface area contributed by atoms with Crippen molar-refractivity contribution in [2.45, 2.75) is 53.4 Å². The van der Waals surface area contributed by atoms with Gasteiger partial charge in [-0.15, -0.1) is 0 Å². The molecule has 168 valence electrons. The fourth-order valence-electron chi connectivity index (χ4n) is 3.67. The first kappa shape index (κ1) is 23.0. The van der Waals surface area contributed by atoms with Crippen LogP contribution >= 0.6 is 0 Å². The van der Waals surface area contributed by atoms with Gasteiger partial charge in [-0.1, -0.05) is 19.9 Å². The zero-order chi connectivity index (χ0) is 22.1. The van der Waals surface area contributed by atoms with Gasteiger partial charge < -0.3 is 18.9 Å². The van der Waals surface area contributed by atoms with Gasteiger partial charge in [-0.3, -0.25) is 4.99 Å². The Hall–Kier alpha value is -2.69. The minimum Gasteiger partial charge on any atom is -0.490 e. The highest BCUT2D eigenvalue weighted by molar-refractivity contribution is 6.04. The summed E-state index contributed by atoms with van der Waals surface area (Å²) in [7, 11) is 0. The molecule has 0 saturated carbocycles. The molecule has 0 aliphatic carbocycles. The lowest BCUT2D eigenvalue weighted by molar-refractivity contribution is 0.268. The normalized spacial score (nSPS) is 12.7. The van der Waals surface area contributed by atoms with Crippen LogP contribution in [-0.2, 0) is 12.8 Å². The summed E-state index contributed by atoms with van der Waals surface area (Å²) in [4.78, 5) is 4.86. The predicted molar refractivity (Wildman–Crippen MR) is 126 cm³/mol. The third kappa shape index (κ3) is 5.93. The van der Waals surface area contributed by atoms with Gasteiger partial charge in [-0.05, 0) is 68.5 Å². The van der Waals surface area contributed by atoms with E-state index in [-0.39, 0.29) is 0 Å². The summed E-state index contributed by atoms with van der Waals surface area (Å²) in [5.41, 5.74) is 4.66. The van der Waals surface area contributed by atoms with Crippen molar-refractivity contribution in [2.24, 2.45) is 4.99 Å². The van der Waals surface area contributed by atoms with Gasteiger partial charge in [0, 0.05) is 24.2 Å². The molecule has 0 unspecified atom stereocenters. The Labute approximate surface area is 186 Å². The second-order valence-corrected chi connectivity index (χ2v) is 7.56. The molecule has 3 rings (SSSR count). The van der Waals surface area contributed by atoms with Crippen molar-refractivity contribution in [2.75, 3.05) is 33.0 Å². The summed E-state index contributed by atoms with van der Waals surface area (Å²) in [6, 6.07) is 10.4. The van der Waals surface area contributed by atoms with Gasteiger partial charge in [0.15, 0.2) is 23.0 Å². The van der Waals surface area contributed by atoms with Gasteiger partial charge in [-0.2, -0.15) is 0 Å². The Bertz CT molecular complexity index is 891. The second-order valence-electron chi connectivity index (χ2n) is 7.56. The van der Waals surface area contributed by atoms with Crippen molar-refractivity contribution in [3.63, 3.8) is 0 Å². The van der Waals surface area contributed by atoms with Crippen molar-refractivity contribution >= 4 is 5.71 Å². The van der Waals surface area contributed by atoms with Crippen molar-refractivity contribution in [3.8, 4) is 23.0 Å². The third-order valence-corrected chi connectivity index (χ3v) is 5.07. The lowest BCUT2D eigenvalue weighted by Gasteiger charge is -2.21. The first-order chi connectivity index (χ1) is 15.2. The summed E-state index contributed by atoms with van der Waals surface area (Å²) >= 11 is 0. The van der Waals surface area contributed by atoms with Crippen molar-refractivity contribution in [1.29, 1.82) is 0 Å². The molecule has 0 bridgehead atoms. The van der Waals surface area contributed by atoms with Crippen LogP contribution in [0.25, 0.3) is 0 Å². The summed E-state index contributed by atoms with van der Waals surface area (Å²) in [5, 5.41) is 0. The molecule has 5 nitrogen and oxygen atoms in total. The second kappa shape index (κ2) is 11.6. The van der Waals surface area contributed by atoms with E-state index in [1.54, 1.807) is 0 Å². The fraction of sp³-hybridized carbons (Fsp3) is 0.500. The lowest BCUT2D eigenvalue weighted by Crippen LogP contribution is -2.16. The minimum absolute atomic E-state index is 0.600. The maximum atomic E-state index is 5.97. The predicted octanol–water partition coefficient (Wildman–Crippen LogP) is 5.65. The van der Waals surface area contributed by atoms with Crippen molar-refractivity contribution in [3.05, 3.63) is 47.0 Å². The smallest absolute Gasteiger partial charge is 0.161 e. The number of ether oxygens (including phenoxy) is 4. The Kier molecular flexibility index (Phi) is 8.63. The van der Waals surface area contributed by atoms with Gasteiger partial charge in [0.2, 0.25) is 0 Å². The van der Waals surface area contributed by atoms with Crippen LogP contribution in [0.4, 0.5) is 0 Å². The van der Waals surface area contributed by atoms with E-state index in [0.717, 1.165) is 72.1 Å². The molecule has 0 N–H and O–H groups in total. The van der Waals surface area contributed by atoms with Crippen LogP contribution < -0.4 is 18.9 Å². The maximum Gasteiger partial charge on any atom is 0.161 e. The van der Waals surface area contributed by atoms with Crippen LogP contribution in [0, 0.1) is 0 Å². The lowest BCUT2D eigenvalue weighted by atomic mass is 9.93. The molecule has 31 heavy (non-hydrogen) atoms. The standard InChI is InChI=1S/C26H35NO4/c1-5-13-30-23-10-9-19(16-24(23)31-14-6-2)15-22-21-18-26(29-8-4)25(28-7-3)17-20(21)11-12-27-22/h9-10,16-18H,5-8,11-15H2,1-4H3. The molecule has 0 amide bonds. The number of hydrogen-bond donors (Lipinski definition) is 0. The molecular formula is C26H35NO4. The first-order valence-electron chi connectivity index (χ1n) is 11.5. The van der Waals surface area contributed by atoms with E-state index in [9.17, 15) is 0 Å². The molecule has 0 spiro atoms. The number of rotatable bonds is 12. The average Bonchev–Trinajstić information content (AvgIpc) is 2.78. The SMILES string of the molecule is CCCOc1ccc(CC2=NCCc3cc(OCC)c(OCC)cc32)cc1OCCC. The van der Waals surface area contributed by atoms with Gasteiger partial charge in [0.1, 0.15) is 0 Å². The molecule has 1 aliphatic heterocycles. The fourth-order valence-corrected chi connectivity index (χ4v) is 3.67. The van der Waals surface area contributed by atoms with Gasteiger partial charge in [0.05, 0.1) is 26.4 Å². The van der Waals surface area contributed by atoms with Crippen LogP contribution in [0.2, 0.25) is 0 Å². The minimum atomic E-state index is 0.600. The van der Waals surface area contributed by atoms with Crippen molar-refractivity contribution in [1.82, 2.24) is 0 Å². The van der Waals surface area contributed by atoms with Crippen molar-refractivity contribution < 1.29 is 18.9 Å². The molecule has 0 fully saturated rings. The van der Waals surface area contributed by atoms with E-state index in [0.29, 0.717) is 26.4 Å². The molecule has 5 heteroatoms. The van der Waals surface area contributed by atoms with Crippen LogP contribution in [0.3, 0.4) is 0 Å². The molecule has 0 aromatic heterocycles. The van der Waals surface area contributed by atoms with Gasteiger partial charge in [-0.25, -0.2) is 0 Å². The van der Waals surface area contributed by atoms with Gasteiger partial charge in [0.25, 0.3) is 0 Å². The first-order valence-corrected chi connectivity index (χ1v) is 11.5. The Morgan fingerprint density at radius 2 is 1.39 bits per heavy atom. The molecule has 1 aliphatic rings. The molecule has 2 aromatic rings.